The van der Waals surface area contributed by atoms with E-state index in [-0.39, 0.29) is 11.8 Å². The van der Waals surface area contributed by atoms with Crippen LogP contribution in [0, 0.1) is 0 Å². The van der Waals surface area contributed by atoms with Crippen molar-refractivity contribution >= 4 is 39.1 Å². The molecule has 4 aromatic rings. The van der Waals surface area contributed by atoms with Crippen LogP contribution in [-0.4, -0.2) is 23.8 Å². The molecular weight excluding hydrogens is 430 g/mol. The van der Waals surface area contributed by atoms with Crippen molar-refractivity contribution in [3.63, 3.8) is 0 Å². The predicted octanol–water partition coefficient (Wildman–Crippen LogP) is 5.84. The molecule has 2 aromatic carbocycles. The number of benzene rings is 2. The first-order valence-corrected chi connectivity index (χ1v) is 12.1. The van der Waals surface area contributed by atoms with Gasteiger partial charge < -0.3 is 10.6 Å². The third-order valence-electron chi connectivity index (χ3n) is 6.13. The maximum Gasteiger partial charge on any atom is 0.257 e. The van der Waals surface area contributed by atoms with E-state index in [1.807, 2.05) is 60.7 Å². The number of pyridine rings is 1. The number of nitrogens with zero attached hydrogens (tertiary/aromatic N) is 1. The number of rotatable bonds is 4. The Hall–Kier alpha value is -3.51. The average Bonchev–Trinajstić information content (AvgIpc) is 3.03. The van der Waals surface area contributed by atoms with E-state index in [2.05, 4.69) is 10.6 Å². The molecule has 5 rings (SSSR count). The van der Waals surface area contributed by atoms with Crippen LogP contribution in [0.25, 0.3) is 22.2 Å². The Kier molecular flexibility index (Phi) is 5.92. The molecule has 0 saturated carbocycles. The first-order chi connectivity index (χ1) is 16.2. The smallest absolute Gasteiger partial charge is 0.257 e. The zero-order valence-electron chi connectivity index (χ0n) is 18.5. The molecule has 5 nitrogen and oxygen atoms in total. The van der Waals surface area contributed by atoms with Crippen LogP contribution in [0.2, 0.25) is 0 Å². The second-order valence-corrected chi connectivity index (χ2v) is 9.35. The molecule has 0 bridgehead atoms. The van der Waals surface area contributed by atoms with Crippen LogP contribution in [0.4, 0.5) is 5.00 Å². The largest absolute Gasteiger partial charge is 0.355 e. The number of thiophene rings is 1. The molecule has 2 amide bonds. The minimum Gasteiger partial charge on any atom is -0.355 e. The summed E-state index contributed by atoms with van der Waals surface area (Å²) in [6, 6.07) is 19.3. The molecule has 33 heavy (non-hydrogen) atoms. The Morgan fingerprint density at radius 3 is 2.48 bits per heavy atom. The number of para-hydroxylation sites is 1. The van der Waals surface area contributed by atoms with Crippen LogP contribution in [0.5, 0.6) is 0 Å². The zero-order valence-corrected chi connectivity index (χ0v) is 19.3. The topological polar surface area (TPSA) is 71.1 Å². The minimum atomic E-state index is -0.229. The van der Waals surface area contributed by atoms with Gasteiger partial charge in [-0.15, -0.1) is 11.3 Å². The van der Waals surface area contributed by atoms with Gasteiger partial charge in [0.2, 0.25) is 0 Å². The van der Waals surface area contributed by atoms with Crippen molar-refractivity contribution in [1.82, 2.24) is 10.3 Å². The molecule has 2 N–H and O–H groups in total. The molecule has 6 heteroatoms. The van der Waals surface area contributed by atoms with Gasteiger partial charge in [0.1, 0.15) is 5.00 Å². The lowest BCUT2D eigenvalue weighted by Gasteiger charge is -2.11. The lowest BCUT2D eigenvalue weighted by Crippen LogP contribution is -2.22. The Morgan fingerprint density at radius 1 is 0.909 bits per heavy atom. The van der Waals surface area contributed by atoms with Crippen LogP contribution in [-0.2, 0) is 12.8 Å². The highest BCUT2D eigenvalue weighted by Gasteiger charge is 2.26. The molecule has 1 aliphatic carbocycles. The number of anilines is 1. The lowest BCUT2D eigenvalue weighted by atomic mass is 10.0. The number of nitrogens with one attached hydrogen (secondary N) is 2. The van der Waals surface area contributed by atoms with Crippen LogP contribution < -0.4 is 10.6 Å². The van der Waals surface area contributed by atoms with E-state index < -0.39 is 0 Å². The molecule has 0 unspecified atom stereocenters. The number of carbonyl (C=O) groups is 2. The number of carbonyl (C=O) groups excluding carboxylic acids is 2. The van der Waals surface area contributed by atoms with Gasteiger partial charge in [-0.2, -0.15) is 0 Å². The van der Waals surface area contributed by atoms with Crippen LogP contribution in [0.3, 0.4) is 0 Å². The lowest BCUT2D eigenvalue weighted by molar-refractivity contribution is 0.0963. The summed E-state index contributed by atoms with van der Waals surface area (Å²) in [6.07, 6.45) is 5.18. The highest BCUT2D eigenvalue weighted by atomic mass is 32.1. The molecular formula is C27H25N3O2S. The molecule has 2 aromatic heterocycles. The first kappa shape index (κ1) is 21.3. The molecule has 0 radical (unpaired) electrons. The molecule has 166 valence electrons. The normalized spacial score (nSPS) is 13.2. The van der Waals surface area contributed by atoms with Crippen molar-refractivity contribution in [1.29, 1.82) is 0 Å². The van der Waals surface area contributed by atoms with Crippen molar-refractivity contribution in [2.24, 2.45) is 0 Å². The van der Waals surface area contributed by atoms with Crippen LogP contribution in [0.15, 0.2) is 60.7 Å². The zero-order chi connectivity index (χ0) is 22.8. The standard InChI is InChI=1S/C27H25N3O2S/c1-28-26(32)24-19-13-6-3-7-15-23(19)33-27(24)30-25(31)20-16-22(17-10-4-2-5-11-17)29-21-14-9-8-12-18(20)21/h2,4-5,8-12,14,16H,3,6-7,13,15H2,1H3,(H,28,32)(H,30,31). The van der Waals surface area contributed by atoms with Crippen molar-refractivity contribution in [3.05, 3.63) is 82.2 Å². The summed E-state index contributed by atoms with van der Waals surface area (Å²) < 4.78 is 0. The summed E-state index contributed by atoms with van der Waals surface area (Å²) in [5.74, 6) is -0.374. The van der Waals surface area contributed by atoms with Crippen molar-refractivity contribution in [2.45, 2.75) is 32.1 Å². The molecule has 2 heterocycles. The van der Waals surface area contributed by atoms with Crippen molar-refractivity contribution < 1.29 is 9.59 Å². The fraction of sp³-hybridized carbons (Fsp3) is 0.222. The number of hydrogen-bond donors (Lipinski definition) is 2. The number of aromatic nitrogens is 1. The molecule has 0 spiro atoms. The Labute approximate surface area is 196 Å². The molecule has 1 aliphatic rings. The van der Waals surface area contributed by atoms with Gasteiger partial charge in [-0.1, -0.05) is 55.0 Å². The predicted molar refractivity (Wildman–Crippen MR) is 134 cm³/mol. The minimum absolute atomic E-state index is 0.144. The van der Waals surface area contributed by atoms with Crippen LogP contribution in [0.1, 0.15) is 50.4 Å². The summed E-state index contributed by atoms with van der Waals surface area (Å²) in [4.78, 5) is 32.4. The monoisotopic (exact) mass is 455 g/mol. The van der Waals surface area contributed by atoms with Gasteiger partial charge in [0.15, 0.2) is 0 Å². The van der Waals surface area contributed by atoms with Crippen LogP contribution >= 0.6 is 11.3 Å². The highest BCUT2D eigenvalue weighted by Crippen LogP contribution is 2.38. The maximum atomic E-state index is 13.6. The van der Waals surface area contributed by atoms with E-state index in [9.17, 15) is 9.59 Å². The van der Waals surface area contributed by atoms with E-state index in [4.69, 9.17) is 4.98 Å². The maximum absolute atomic E-state index is 13.6. The molecule has 0 saturated heterocycles. The summed E-state index contributed by atoms with van der Waals surface area (Å²) >= 11 is 1.54. The van der Waals surface area contributed by atoms with Gasteiger partial charge in [0.25, 0.3) is 11.8 Å². The summed E-state index contributed by atoms with van der Waals surface area (Å²) in [5.41, 5.74) is 4.72. The Morgan fingerprint density at radius 2 is 1.67 bits per heavy atom. The molecule has 0 atom stereocenters. The van der Waals surface area contributed by atoms with Crippen molar-refractivity contribution in [3.8, 4) is 11.3 Å². The van der Waals surface area contributed by atoms with Gasteiger partial charge in [-0.25, -0.2) is 4.98 Å². The second-order valence-electron chi connectivity index (χ2n) is 8.24. The Balaban J connectivity index is 1.58. The second kappa shape index (κ2) is 9.16. The van der Waals surface area contributed by atoms with E-state index >= 15 is 0 Å². The number of fused-ring (bicyclic) bond motifs is 2. The SMILES string of the molecule is CNC(=O)c1c(NC(=O)c2cc(-c3ccccc3)nc3ccccc23)sc2c1CCCCC2. The number of aryl methyl sites for hydroxylation is 1. The van der Waals surface area contributed by atoms with E-state index in [0.29, 0.717) is 16.1 Å². The van der Waals surface area contributed by atoms with Gasteiger partial charge in [-0.3, -0.25) is 9.59 Å². The number of hydrogen-bond acceptors (Lipinski definition) is 4. The summed E-state index contributed by atoms with van der Waals surface area (Å²) in [7, 11) is 1.64. The molecule has 0 aliphatic heterocycles. The third kappa shape index (κ3) is 4.14. The average molecular weight is 456 g/mol. The quantitative estimate of drug-likeness (QED) is 0.380. The van der Waals surface area contributed by atoms with Gasteiger partial charge in [0, 0.05) is 22.9 Å². The highest BCUT2D eigenvalue weighted by molar-refractivity contribution is 7.17. The molecule has 0 fully saturated rings. The van der Waals surface area contributed by atoms with E-state index in [0.717, 1.165) is 53.4 Å². The van der Waals surface area contributed by atoms with Crippen molar-refractivity contribution in [2.75, 3.05) is 12.4 Å². The van der Waals surface area contributed by atoms with Gasteiger partial charge in [0.05, 0.1) is 22.3 Å². The first-order valence-electron chi connectivity index (χ1n) is 11.3. The van der Waals surface area contributed by atoms with E-state index in [1.54, 1.807) is 7.05 Å². The summed E-state index contributed by atoms with van der Waals surface area (Å²) in [5, 5.41) is 7.26. The van der Waals surface area contributed by atoms with Gasteiger partial charge >= 0.3 is 0 Å². The number of amides is 2. The fourth-order valence-corrected chi connectivity index (χ4v) is 5.77. The third-order valence-corrected chi connectivity index (χ3v) is 7.34. The fourth-order valence-electron chi connectivity index (χ4n) is 4.49. The van der Waals surface area contributed by atoms with Gasteiger partial charge in [-0.05, 0) is 43.4 Å². The summed E-state index contributed by atoms with van der Waals surface area (Å²) in [6.45, 7) is 0. The Bertz CT molecular complexity index is 1340. The van der Waals surface area contributed by atoms with E-state index in [1.165, 1.54) is 22.6 Å².